The summed E-state index contributed by atoms with van der Waals surface area (Å²) in [6.45, 7) is 4.67. The maximum absolute atomic E-state index is 9.12. The molecule has 66 valence electrons. The molecular formula is C8H13N3O. The monoisotopic (exact) mass is 167 g/mol. The minimum atomic E-state index is 0.136. The van der Waals surface area contributed by atoms with Gasteiger partial charge >= 0.3 is 0 Å². The summed E-state index contributed by atoms with van der Waals surface area (Å²) in [4.78, 5) is 7.94. The number of rotatable bonds is 3. The SMILES string of the molecule is CCCNc1ncc(O)c(C)n1. The van der Waals surface area contributed by atoms with Gasteiger partial charge in [0.25, 0.3) is 0 Å². The van der Waals surface area contributed by atoms with Gasteiger partial charge in [-0.3, -0.25) is 0 Å². The van der Waals surface area contributed by atoms with Gasteiger partial charge in [-0.05, 0) is 13.3 Å². The molecule has 1 rings (SSSR count). The van der Waals surface area contributed by atoms with E-state index in [4.69, 9.17) is 5.11 Å². The van der Waals surface area contributed by atoms with E-state index in [1.165, 1.54) is 6.20 Å². The van der Waals surface area contributed by atoms with E-state index in [9.17, 15) is 0 Å². The third-order valence-electron chi connectivity index (χ3n) is 1.49. The summed E-state index contributed by atoms with van der Waals surface area (Å²) in [6, 6.07) is 0. The fourth-order valence-corrected chi connectivity index (χ4v) is 0.783. The smallest absolute Gasteiger partial charge is 0.223 e. The van der Waals surface area contributed by atoms with Crippen LogP contribution in [0.1, 0.15) is 19.0 Å². The van der Waals surface area contributed by atoms with Crippen molar-refractivity contribution in [2.24, 2.45) is 0 Å². The Morgan fingerprint density at radius 3 is 2.92 bits per heavy atom. The first-order chi connectivity index (χ1) is 5.74. The van der Waals surface area contributed by atoms with Crippen molar-refractivity contribution in [3.63, 3.8) is 0 Å². The van der Waals surface area contributed by atoms with E-state index in [-0.39, 0.29) is 5.75 Å². The van der Waals surface area contributed by atoms with Gasteiger partial charge in [0.15, 0.2) is 5.75 Å². The van der Waals surface area contributed by atoms with Gasteiger partial charge in [-0.15, -0.1) is 0 Å². The summed E-state index contributed by atoms with van der Waals surface area (Å²) in [6.07, 6.45) is 2.43. The Morgan fingerprint density at radius 2 is 2.33 bits per heavy atom. The molecule has 0 aromatic carbocycles. The summed E-state index contributed by atoms with van der Waals surface area (Å²) in [5.41, 5.74) is 0.601. The highest BCUT2D eigenvalue weighted by atomic mass is 16.3. The molecule has 4 heteroatoms. The number of aromatic nitrogens is 2. The van der Waals surface area contributed by atoms with E-state index < -0.39 is 0 Å². The van der Waals surface area contributed by atoms with E-state index in [1.807, 2.05) is 0 Å². The van der Waals surface area contributed by atoms with Crippen molar-refractivity contribution < 1.29 is 5.11 Å². The molecule has 1 aromatic rings. The highest BCUT2D eigenvalue weighted by Crippen LogP contribution is 2.12. The minimum absolute atomic E-state index is 0.136. The first-order valence-corrected chi connectivity index (χ1v) is 4.00. The van der Waals surface area contributed by atoms with Gasteiger partial charge < -0.3 is 10.4 Å². The van der Waals surface area contributed by atoms with Crippen molar-refractivity contribution in [1.29, 1.82) is 0 Å². The maximum atomic E-state index is 9.12. The van der Waals surface area contributed by atoms with Crippen LogP contribution in [0.15, 0.2) is 6.20 Å². The number of aryl methyl sites for hydroxylation is 1. The molecule has 0 radical (unpaired) electrons. The van der Waals surface area contributed by atoms with Crippen molar-refractivity contribution >= 4 is 5.95 Å². The Labute approximate surface area is 71.7 Å². The van der Waals surface area contributed by atoms with Gasteiger partial charge in [0.2, 0.25) is 5.95 Å². The number of hydrogen-bond donors (Lipinski definition) is 2. The number of nitrogens with one attached hydrogen (secondary N) is 1. The molecule has 0 aliphatic heterocycles. The predicted molar refractivity (Wildman–Crippen MR) is 47.2 cm³/mol. The fourth-order valence-electron chi connectivity index (χ4n) is 0.783. The minimum Gasteiger partial charge on any atom is -0.504 e. The maximum Gasteiger partial charge on any atom is 0.223 e. The van der Waals surface area contributed by atoms with E-state index in [0.29, 0.717) is 11.6 Å². The van der Waals surface area contributed by atoms with E-state index in [2.05, 4.69) is 22.2 Å². The second kappa shape index (κ2) is 3.90. The Hall–Kier alpha value is -1.32. The number of nitrogens with zero attached hydrogens (tertiary/aromatic N) is 2. The molecule has 2 N–H and O–H groups in total. The fraction of sp³-hybridized carbons (Fsp3) is 0.500. The van der Waals surface area contributed by atoms with Crippen molar-refractivity contribution in [3.8, 4) is 5.75 Å². The summed E-state index contributed by atoms with van der Waals surface area (Å²) in [5.74, 6) is 0.712. The molecule has 0 amide bonds. The zero-order chi connectivity index (χ0) is 8.97. The number of anilines is 1. The van der Waals surface area contributed by atoms with Crippen molar-refractivity contribution in [1.82, 2.24) is 9.97 Å². The second-order valence-corrected chi connectivity index (χ2v) is 2.59. The zero-order valence-corrected chi connectivity index (χ0v) is 7.33. The molecule has 0 saturated heterocycles. The number of aromatic hydroxyl groups is 1. The van der Waals surface area contributed by atoms with Crippen molar-refractivity contribution in [3.05, 3.63) is 11.9 Å². The van der Waals surface area contributed by atoms with Crippen LogP contribution < -0.4 is 5.32 Å². The zero-order valence-electron chi connectivity index (χ0n) is 7.33. The third-order valence-corrected chi connectivity index (χ3v) is 1.49. The van der Waals surface area contributed by atoms with Crippen LogP contribution in [0.25, 0.3) is 0 Å². The van der Waals surface area contributed by atoms with Gasteiger partial charge in [-0.25, -0.2) is 9.97 Å². The lowest BCUT2D eigenvalue weighted by atomic mass is 10.4. The second-order valence-electron chi connectivity index (χ2n) is 2.59. The number of hydrogen-bond acceptors (Lipinski definition) is 4. The van der Waals surface area contributed by atoms with Gasteiger partial charge in [-0.2, -0.15) is 0 Å². The molecule has 1 aromatic heterocycles. The molecule has 0 bridgehead atoms. The van der Waals surface area contributed by atoms with Crippen LogP contribution in [0.2, 0.25) is 0 Å². The molecule has 0 unspecified atom stereocenters. The summed E-state index contributed by atoms with van der Waals surface area (Å²) >= 11 is 0. The summed E-state index contributed by atoms with van der Waals surface area (Å²) in [7, 11) is 0. The largest absolute Gasteiger partial charge is 0.504 e. The highest BCUT2D eigenvalue weighted by Gasteiger charge is 1.99. The van der Waals surface area contributed by atoms with Crippen LogP contribution in [-0.4, -0.2) is 21.6 Å². The van der Waals surface area contributed by atoms with Crippen LogP contribution in [0, 0.1) is 6.92 Å². The van der Waals surface area contributed by atoms with Gasteiger partial charge in [-0.1, -0.05) is 6.92 Å². The van der Waals surface area contributed by atoms with Gasteiger partial charge in [0, 0.05) is 6.54 Å². The Morgan fingerprint density at radius 1 is 1.58 bits per heavy atom. The Kier molecular flexibility index (Phi) is 2.85. The van der Waals surface area contributed by atoms with Crippen LogP contribution in [0.4, 0.5) is 5.95 Å². The first-order valence-electron chi connectivity index (χ1n) is 4.00. The summed E-state index contributed by atoms with van der Waals surface area (Å²) < 4.78 is 0. The average molecular weight is 167 g/mol. The van der Waals surface area contributed by atoms with Gasteiger partial charge in [0.1, 0.15) is 0 Å². The molecule has 0 atom stereocenters. The van der Waals surface area contributed by atoms with Crippen LogP contribution in [0.3, 0.4) is 0 Å². The lowest BCUT2D eigenvalue weighted by molar-refractivity contribution is 0.464. The lowest BCUT2D eigenvalue weighted by Gasteiger charge is -2.03. The molecule has 12 heavy (non-hydrogen) atoms. The molecule has 0 saturated carbocycles. The van der Waals surface area contributed by atoms with Crippen LogP contribution in [0.5, 0.6) is 5.75 Å². The lowest BCUT2D eigenvalue weighted by Crippen LogP contribution is -2.04. The van der Waals surface area contributed by atoms with E-state index >= 15 is 0 Å². The first kappa shape index (κ1) is 8.77. The topological polar surface area (TPSA) is 58.0 Å². The normalized spacial score (nSPS) is 9.83. The molecule has 0 aliphatic carbocycles. The van der Waals surface area contributed by atoms with Crippen LogP contribution in [-0.2, 0) is 0 Å². The molecule has 0 aliphatic rings. The Balaban J connectivity index is 2.69. The average Bonchev–Trinajstić information content (AvgIpc) is 2.07. The molecule has 4 nitrogen and oxygen atoms in total. The van der Waals surface area contributed by atoms with Crippen LogP contribution >= 0.6 is 0 Å². The van der Waals surface area contributed by atoms with Crippen molar-refractivity contribution in [2.75, 3.05) is 11.9 Å². The highest BCUT2D eigenvalue weighted by molar-refractivity contribution is 5.31. The molecule has 1 heterocycles. The third kappa shape index (κ3) is 2.08. The Bertz CT molecular complexity index is 262. The standard InChI is InChI=1S/C8H13N3O/c1-3-4-9-8-10-5-7(12)6(2)11-8/h5,12H,3-4H2,1-2H3,(H,9,10,11). The quantitative estimate of drug-likeness (QED) is 0.712. The summed E-state index contributed by atoms with van der Waals surface area (Å²) in [5, 5.41) is 12.1. The van der Waals surface area contributed by atoms with E-state index in [0.717, 1.165) is 13.0 Å². The van der Waals surface area contributed by atoms with E-state index in [1.54, 1.807) is 6.92 Å². The van der Waals surface area contributed by atoms with Crippen molar-refractivity contribution in [2.45, 2.75) is 20.3 Å². The van der Waals surface area contributed by atoms with Gasteiger partial charge in [0.05, 0.1) is 11.9 Å². The predicted octanol–water partition coefficient (Wildman–Crippen LogP) is 1.31. The molecule has 0 fully saturated rings. The molecular weight excluding hydrogens is 154 g/mol. The molecule has 0 spiro atoms.